The maximum absolute atomic E-state index is 12.0. The van der Waals surface area contributed by atoms with Crippen LogP contribution in [0.4, 0.5) is 11.4 Å². The molecule has 2 rings (SSSR count). The fourth-order valence-electron chi connectivity index (χ4n) is 2.11. The zero-order chi connectivity index (χ0) is 11.9. The van der Waals surface area contributed by atoms with Crippen LogP contribution in [-0.2, 0) is 4.79 Å². The Kier molecular flexibility index (Phi) is 2.86. The summed E-state index contributed by atoms with van der Waals surface area (Å²) in [6, 6.07) is 6.14. The second-order valence-corrected chi connectivity index (χ2v) is 5.66. The Hall–Kier alpha value is -0.780. The van der Waals surface area contributed by atoms with Gasteiger partial charge < -0.3 is 10.2 Å². The molecule has 4 heteroatoms. The number of rotatable bonds is 1. The molecular weight excluding hydrogens is 315 g/mol. The number of fused-ring (bicyclic) bond motifs is 1. The van der Waals surface area contributed by atoms with Crippen LogP contribution in [0.1, 0.15) is 20.8 Å². The van der Waals surface area contributed by atoms with Crippen molar-refractivity contribution in [3.8, 4) is 0 Å². The highest BCUT2D eigenvalue weighted by atomic mass is 127. The Morgan fingerprint density at radius 2 is 2.12 bits per heavy atom. The number of carbonyl (C=O) groups excluding carboxylic acids is 1. The first-order chi connectivity index (χ1) is 7.46. The SMILES string of the molecule is CCN1c2ccc(I)cc2NC(=O)C1(C)C. The highest BCUT2D eigenvalue weighted by molar-refractivity contribution is 14.1. The topological polar surface area (TPSA) is 32.3 Å². The maximum Gasteiger partial charge on any atom is 0.249 e. The molecule has 16 heavy (non-hydrogen) atoms. The molecule has 1 N–H and O–H groups in total. The lowest BCUT2D eigenvalue weighted by Crippen LogP contribution is -2.56. The summed E-state index contributed by atoms with van der Waals surface area (Å²) in [7, 11) is 0. The normalized spacial score (nSPS) is 18.0. The first-order valence-electron chi connectivity index (χ1n) is 5.35. The fourth-order valence-corrected chi connectivity index (χ4v) is 2.60. The molecule has 1 aromatic carbocycles. The molecule has 1 aliphatic rings. The minimum absolute atomic E-state index is 0.0591. The number of hydrogen-bond acceptors (Lipinski definition) is 2. The van der Waals surface area contributed by atoms with E-state index in [9.17, 15) is 4.79 Å². The molecule has 1 aromatic rings. The van der Waals surface area contributed by atoms with Gasteiger partial charge in [0.15, 0.2) is 0 Å². The Balaban J connectivity index is 2.56. The molecule has 0 bridgehead atoms. The average Bonchev–Trinajstić information content (AvgIpc) is 2.20. The number of nitrogens with one attached hydrogen (secondary N) is 1. The van der Waals surface area contributed by atoms with E-state index in [0.29, 0.717) is 0 Å². The summed E-state index contributed by atoms with van der Waals surface area (Å²) in [4.78, 5) is 14.1. The van der Waals surface area contributed by atoms with Gasteiger partial charge in [0.1, 0.15) is 5.54 Å². The summed E-state index contributed by atoms with van der Waals surface area (Å²) in [6.45, 7) is 6.80. The minimum atomic E-state index is -0.478. The van der Waals surface area contributed by atoms with E-state index in [2.05, 4.69) is 51.9 Å². The van der Waals surface area contributed by atoms with Crippen molar-refractivity contribution in [3.05, 3.63) is 21.8 Å². The van der Waals surface area contributed by atoms with Crippen molar-refractivity contribution in [2.45, 2.75) is 26.3 Å². The molecule has 3 nitrogen and oxygen atoms in total. The number of hydrogen-bond donors (Lipinski definition) is 1. The smallest absolute Gasteiger partial charge is 0.249 e. The third kappa shape index (κ3) is 1.69. The molecule has 0 unspecified atom stereocenters. The number of likely N-dealkylation sites (N-methyl/N-ethyl adjacent to an activating group) is 1. The molecular formula is C12H15IN2O. The summed E-state index contributed by atoms with van der Waals surface area (Å²) in [5.41, 5.74) is 1.54. The summed E-state index contributed by atoms with van der Waals surface area (Å²) in [6.07, 6.45) is 0. The summed E-state index contributed by atoms with van der Waals surface area (Å²) in [5.74, 6) is 0.0591. The van der Waals surface area contributed by atoms with Gasteiger partial charge in [-0.1, -0.05) is 0 Å². The van der Waals surface area contributed by atoms with Gasteiger partial charge >= 0.3 is 0 Å². The van der Waals surface area contributed by atoms with Crippen LogP contribution in [0.3, 0.4) is 0 Å². The second-order valence-electron chi connectivity index (χ2n) is 4.42. The summed E-state index contributed by atoms with van der Waals surface area (Å²) >= 11 is 2.25. The zero-order valence-corrected chi connectivity index (χ0v) is 11.8. The molecule has 0 saturated heterocycles. The van der Waals surface area contributed by atoms with Crippen molar-refractivity contribution in [1.82, 2.24) is 0 Å². The van der Waals surface area contributed by atoms with Crippen molar-refractivity contribution in [1.29, 1.82) is 0 Å². The fraction of sp³-hybridized carbons (Fsp3) is 0.417. The van der Waals surface area contributed by atoms with Crippen molar-refractivity contribution >= 4 is 39.9 Å². The lowest BCUT2D eigenvalue weighted by Gasteiger charge is -2.43. The highest BCUT2D eigenvalue weighted by Gasteiger charge is 2.39. The van der Waals surface area contributed by atoms with Crippen LogP contribution < -0.4 is 10.2 Å². The highest BCUT2D eigenvalue weighted by Crippen LogP contribution is 2.37. The Morgan fingerprint density at radius 1 is 1.44 bits per heavy atom. The number of nitrogens with zero attached hydrogens (tertiary/aromatic N) is 1. The number of carbonyl (C=O) groups is 1. The third-order valence-electron chi connectivity index (χ3n) is 3.04. The van der Waals surface area contributed by atoms with Gasteiger partial charge in [0.25, 0.3) is 0 Å². The van der Waals surface area contributed by atoms with Crippen molar-refractivity contribution in [2.75, 3.05) is 16.8 Å². The first-order valence-corrected chi connectivity index (χ1v) is 6.43. The molecule has 0 radical (unpaired) electrons. The summed E-state index contributed by atoms with van der Waals surface area (Å²) in [5, 5.41) is 2.97. The standard InChI is InChI=1S/C12H15IN2O/c1-4-15-10-6-5-8(13)7-9(10)14-11(16)12(15,2)3/h5-7H,4H2,1-3H3,(H,14,16). The zero-order valence-electron chi connectivity index (χ0n) is 9.67. The third-order valence-corrected chi connectivity index (χ3v) is 3.72. The van der Waals surface area contributed by atoms with E-state index in [0.717, 1.165) is 21.5 Å². The number of anilines is 2. The summed E-state index contributed by atoms with van der Waals surface area (Å²) < 4.78 is 1.13. The largest absolute Gasteiger partial charge is 0.356 e. The molecule has 0 saturated carbocycles. The molecule has 0 aliphatic carbocycles. The maximum atomic E-state index is 12.0. The molecule has 1 heterocycles. The molecule has 0 atom stereocenters. The van der Waals surface area contributed by atoms with Crippen LogP contribution in [-0.4, -0.2) is 18.0 Å². The van der Waals surface area contributed by atoms with Crippen molar-refractivity contribution in [3.63, 3.8) is 0 Å². The van der Waals surface area contributed by atoms with Crippen molar-refractivity contribution < 1.29 is 4.79 Å². The number of amides is 1. The molecule has 1 aliphatic heterocycles. The van der Waals surface area contributed by atoms with E-state index in [1.54, 1.807) is 0 Å². The molecule has 86 valence electrons. The van der Waals surface area contributed by atoms with Gasteiger partial charge in [0.2, 0.25) is 5.91 Å². The minimum Gasteiger partial charge on any atom is -0.356 e. The van der Waals surface area contributed by atoms with E-state index >= 15 is 0 Å². The van der Waals surface area contributed by atoms with Gasteiger partial charge in [0.05, 0.1) is 11.4 Å². The van der Waals surface area contributed by atoms with E-state index in [1.807, 2.05) is 19.9 Å². The van der Waals surface area contributed by atoms with Crippen LogP contribution in [0, 0.1) is 3.57 Å². The van der Waals surface area contributed by atoms with Crippen LogP contribution in [0.15, 0.2) is 18.2 Å². The van der Waals surface area contributed by atoms with Gasteiger partial charge in [-0.2, -0.15) is 0 Å². The van der Waals surface area contributed by atoms with Crippen LogP contribution in [0.2, 0.25) is 0 Å². The van der Waals surface area contributed by atoms with Gasteiger partial charge in [-0.3, -0.25) is 4.79 Å². The van der Waals surface area contributed by atoms with Gasteiger partial charge in [-0.15, -0.1) is 0 Å². The molecule has 1 amide bonds. The Morgan fingerprint density at radius 3 is 2.75 bits per heavy atom. The molecule has 0 aromatic heterocycles. The first kappa shape index (κ1) is 11.7. The Labute approximate surface area is 109 Å². The average molecular weight is 330 g/mol. The predicted octanol–water partition coefficient (Wildman–Crippen LogP) is 2.85. The Bertz CT molecular complexity index is 443. The van der Waals surface area contributed by atoms with Crippen LogP contribution in [0.25, 0.3) is 0 Å². The second kappa shape index (κ2) is 3.91. The van der Waals surface area contributed by atoms with E-state index in [4.69, 9.17) is 0 Å². The van der Waals surface area contributed by atoms with Crippen LogP contribution in [0.5, 0.6) is 0 Å². The lowest BCUT2D eigenvalue weighted by molar-refractivity contribution is -0.120. The van der Waals surface area contributed by atoms with E-state index in [1.165, 1.54) is 0 Å². The molecule has 0 fully saturated rings. The number of benzene rings is 1. The quantitative estimate of drug-likeness (QED) is 0.803. The van der Waals surface area contributed by atoms with Gasteiger partial charge in [-0.25, -0.2) is 0 Å². The van der Waals surface area contributed by atoms with Gasteiger partial charge in [0, 0.05) is 10.1 Å². The van der Waals surface area contributed by atoms with Crippen molar-refractivity contribution in [2.24, 2.45) is 0 Å². The van der Waals surface area contributed by atoms with Gasteiger partial charge in [-0.05, 0) is 61.6 Å². The predicted molar refractivity (Wildman–Crippen MR) is 74.9 cm³/mol. The number of halogens is 1. The van der Waals surface area contributed by atoms with E-state index in [-0.39, 0.29) is 5.91 Å². The lowest BCUT2D eigenvalue weighted by atomic mass is 9.96. The van der Waals surface area contributed by atoms with E-state index < -0.39 is 5.54 Å². The van der Waals surface area contributed by atoms with Crippen LogP contribution >= 0.6 is 22.6 Å². The molecule has 0 spiro atoms. The monoisotopic (exact) mass is 330 g/mol.